The first-order valence-corrected chi connectivity index (χ1v) is 3.90. The molecule has 0 fully saturated rings. The molecule has 0 atom stereocenters. The number of carbonyl (C=O) groups is 1. The van der Waals surface area contributed by atoms with Crippen LogP contribution in [-0.2, 0) is 0 Å². The highest BCUT2D eigenvalue weighted by molar-refractivity contribution is 5.74. The first kappa shape index (κ1) is 8.71. The van der Waals surface area contributed by atoms with E-state index < -0.39 is 0 Å². The van der Waals surface area contributed by atoms with Gasteiger partial charge >= 0.3 is 0 Å². The van der Waals surface area contributed by atoms with Gasteiger partial charge in [0.15, 0.2) is 6.29 Å². The summed E-state index contributed by atoms with van der Waals surface area (Å²) in [7, 11) is 0. The molecule has 0 saturated heterocycles. The summed E-state index contributed by atoms with van der Waals surface area (Å²) in [6, 6.07) is 1.68. The van der Waals surface area contributed by atoms with E-state index in [1.54, 1.807) is 12.3 Å². The highest BCUT2D eigenvalue weighted by Gasteiger charge is 1.94. The Morgan fingerprint density at radius 1 is 1.58 bits per heavy atom. The van der Waals surface area contributed by atoms with Crippen molar-refractivity contribution >= 4 is 6.29 Å². The van der Waals surface area contributed by atoms with Gasteiger partial charge in [0.1, 0.15) is 5.75 Å². The number of pyridine rings is 1. The number of aldehydes is 1. The van der Waals surface area contributed by atoms with Crippen LogP contribution in [0.15, 0.2) is 18.5 Å². The van der Waals surface area contributed by atoms with Crippen LogP contribution < -0.4 is 4.74 Å². The molecule has 0 aliphatic carbocycles. The molecular weight excluding hydrogens is 154 g/mol. The zero-order valence-corrected chi connectivity index (χ0v) is 6.99. The van der Waals surface area contributed by atoms with E-state index in [1.165, 1.54) is 6.20 Å². The average molecular weight is 165 g/mol. The smallest absolute Gasteiger partial charge is 0.151 e. The second kappa shape index (κ2) is 4.49. The van der Waals surface area contributed by atoms with Gasteiger partial charge in [-0.3, -0.25) is 9.78 Å². The standard InChI is InChI=1S/C9H11NO2/c1-2-3-12-9-4-8(7-11)5-10-6-9/h4-7H,2-3H2,1H3. The van der Waals surface area contributed by atoms with Crippen LogP contribution >= 0.6 is 0 Å². The lowest BCUT2D eigenvalue weighted by molar-refractivity contribution is 0.112. The Kier molecular flexibility index (Phi) is 3.26. The zero-order valence-electron chi connectivity index (χ0n) is 6.99. The summed E-state index contributed by atoms with van der Waals surface area (Å²) < 4.78 is 5.28. The number of rotatable bonds is 4. The van der Waals surface area contributed by atoms with Crippen LogP contribution in [0, 0.1) is 0 Å². The van der Waals surface area contributed by atoms with E-state index in [0.717, 1.165) is 12.7 Å². The summed E-state index contributed by atoms with van der Waals surface area (Å²) in [4.78, 5) is 14.2. The van der Waals surface area contributed by atoms with Crippen molar-refractivity contribution in [2.24, 2.45) is 0 Å². The first-order valence-electron chi connectivity index (χ1n) is 3.90. The molecule has 1 rings (SSSR count). The van der Waals surface area contributed by atoms with Gasteiger partial charge in [0.25, 0.3) is 0 Å². The first-order chi connectivity index (χ1) is 5.86. The van der Waals surface area contributed by atoms with Gasteiger partial charge in [0, 0.05) is 11.8 Å². The van der Waals surface area contributed by atoms with Gasteiger partial charge in [-0.2, -0.15) is 0 Å². The predicted molar refractivity (Wildman–Crippen MR) is 45.4 cm³/mol. The van der Waals surface area contributed by atoms with Crippen LogP contribution in [-0.4, -0.2) is 17.9 Å². The maximum Gasteiger partial charge on any atom is 0.151 e. The molecule has 0 aliphatic heterocycles. The molecule has 3 heteroatoms. The molecule has 0 radical (unpaired) electrons. The number of ether oxygens (including phenoxy) is 1. The summed E-state index contributed by atoms with van der Waals surface area (Å²) in [5, 5.41) is 0. The molecule has 0 unspecified atom stereocenters. The third kappa shape index (κ3) is 2.34. The number of hydrogen-bond acceptors (Lipinski definition) is 3. The second-order valence-electron chi connectivity index (χ2n) is 2.42. The molecule has 0 N–H and O–H groups in total. The van der Waals surface area contributed by atoms with Gasteiger partial charge in [-0.1, -0.05) is 6.92 Å². The monoisotopic (exact) mass is 165 g/mol. The van der Waals surface area contributed by atoms with Crippen molar-refractivity contribution in [3.05, 3.63) is 24.0 Å². The van der Waals surface area contributed by atoms with Crippen molar-refractivity contribution in [2.45, 2.75) is 13.3 Å². The molecule has 0 aliphatic rings. The molecule has 1 heterocycles. The number of hydrogen-bond donors (Lipinski definition) is 0. The topological polar surface area (TPSA) is 39.2 Å². The van der Waals surface area contributed by atoms with Gasteiger partial charge < -0.3 is 4.74 Å². The maximum absolute atomic E-state index is 10.3. The highest BCUT2D eigenvalue weighted by atomic mass is 16.5. The van der Waals surface area contributed by atoms with Crippen LogP contribution in [0.1, 0.15) is 23.7 Å². The quantitative estimate of drug-likeness (QED) is 0.637. The van der Waals surface area contributed by atoms with E-state index in [9.17, 15) is 4.79 Å². The van der Waals surface area contributed by atoms with Gasteiger partial charge in [0.05, 0.1) is 12.8 Å². The molecule has 0 spiro atoms. The van der Waals surface area contributed by atoms with Crippen molar-refractivity contribution < 1.29 is 9.53 Å². The fourth-order valence-electron chi connectivity index (χ4n) is 0.799. The molecule has 64 valence electrons. The normalized spacial score (nSPS) is 9.42. The number of carbonyl (C=O) groups excluding carboxylic acids is 1. The lowest BCUT2D eigenvalue weighted by Crippen LogP contribution is -1.96. The molecule has 1 aromatic heterocycles. The van der Waals surface area contributed by atoms with Gasteiger partial charge in [-0.15, -0.1) is 0 Å². The summed E-state index contributed by atoms with van der Waals surface area (Å²) in [6.45, 7) is 2.68. The summed E-state index contributed by atoms with van der Waals surface area (Å²) >= 11 is 0. The van der Waals surface area contributed by atoms with Gasteiger partial charge in [-0.05, 0) is 12.5 Å². The Labute approximate surface area is 71.4 Å². The molecule has 12 heavy (non-hydrogen) atoms. The maximum atomic E-state index is 10.3. The Morgan fingerprint density at radius 3 is 3.08 bits per heavy atom. The fourth-order valence-corrected chi connectivity index (χ4v) is 0.799. The van der Waals surface area contributed by atoms with Crippen LogP contribution in [0.5, 0.6) is 5.75 Å². The molecule has 1 aromatic rings. The zero-order chi connectivity index (χ0) is 8.81. The van der Waals surface area contributed by atoms with Crippen molar-refractivity contribution in [3.63, 3.8) is 0 Å². The third-order valence-electron chi connectivity index (χ3n) is 1.34. The van der Waals surface area contributed by atoms with Crippen molar-refractivity contribution in [2.75, 3.05) is 6.61 Å². The average Bonchev–Trinajstić information content (AvgIpc) is 2.15. The minimum atomic E-state index is 0.545. The number of aromatic nitrogens is 1. The second-order valence-corrected chi connectivity index (χ2v) is 2.42. The van der Waals surface area contributed by atoms with Crippen LogP contribution in [0.2, 0.25) is 0 Å². The molecule has 0 bridgehead atoms. The van der Waals surface area contributed by atoms with Gasteiger partial charge in [0.2, 0.25) is 0 Å². The predicted octanol–water partition coefficient (Wildman–Crippen LogP) is 1.68. The lowest BCUT2D eigenvalue weighted by Gasteiger charge is -2.02. The molecule has 0 aromatic carbocycles. The van der Waals surface area contributed by atoms with E-state index >= 15 is 0 Å². The fraction of sp³-hybridized carbons (Fsp3) is 0.333. The number of nitrogens with zero attached hydrogens (tertiary/aromatic N) is 1. The Hall–Kier alpha value is -1.38. The van der Waals surface area contributed by atoms with E-state index in [4.69, 9.17) is 4.74 Å². The largest absolute Gasteiger partial charge is 0.492 e. The van der Waals surface area contributed by atoms with Crippen LogP contribution in [0.4, 0.5) is 0 Å². The van der Waals surface area contributed by atoms with E-state index in [-0.39, 0.29) is 0 Å². The Balaban J connectivity index is 2.66. The Morgan fingerprint density at radius 2 is 2.42 bits per heavy atom. The molecular formula is C9H11NO2. The Bertz CT molecular complexity index is 260. The third-order valence-corrected chi connectivity index (χ3v) is 1.34. The van der Waals surface area contributed by atoms with E-state index in [0.29, 0.717) is 17.9 Å². The lowest BCUT2D eigenvalue weighted by atomic mass is 10.3. The summed E-state index contributed by atoms with van der Waals surface area (Å²) in [5.74, 6) is 0.654. The SMILES string of the molecule is CCCOc1cncc(C=O)c1. The minimum absolute atomic E-state index is 0.545. The minimum Gasteiger partial charge on any atom is -0.492 e. The van der Waals surface area contributed by atoms with E-state index in [1.807, 2.05) is 6.92 Å². The molecule has 0 amide bonds. The highest BCUT2D eigenvalue weighted by Crippen LogP contribution is 2.09. The molecule has 0 saturated carbocycles. The van der Waals surface area contributed by atoms with Crippen LogP contribution in [0.25, 0.3) is 0 Å². The summed E-state index contributed by atoms with van der Waals surface area (Å²) in [6.07, 6.45) is 4.81. The van der Waals surface area contributed by atoms with Gasteiger partial charge in [-0.25, -0.2) is 0 Å². The van der Waals surface area contributed by atoms with Crippen molar-refractivity contribution in [3.8, 4) is 5.75 Å². The summed E-state index contributed by atoms with van der Waals surface area (Å²) in [5.41, 5.74) is 0.545. The van der Waals surface area contributed by atoms with Crippen LogP contribution in [0.3, 0.4) is 0 Å². The molecule has 3 nitrogen and oxygen atoms in total. The van der Waals surface area contributed by atoms with Crippen molar-refractivity contribution in [1.82, 2.24) is 4.98 Å². The van der Waals surface area contributed by atoms with E-state index in [2.05, 4.69) is 4.98 Å². The van der Waals surface area contributed by atoms with Crippen molar-refractivity contribution in [1.29, 1.82) is 0 Å².